The van der Waals surface area contributed by atoms with Crippen molar-refractivity contribution in [1.82, 2.24) is 15.5 Å². The predicted octanol–water partition coefficient (Wildman–Crippen LogP) is 3.43. The third-order valence-corrected chi connectivity index (χ3v) is 5.39. The molecule has 0 aliphatic rings. The van der Waals surface area contributed by atoms with Crippen molar-refractivity contribution in [1.29, 1.82) is 0 Å². The molecule has 9 nitrogen and oxygen atoms in total. The molecule has 1 rings (SSSR count). The fourth-order valence-corrected chi connectivity index (χ4v) is 3.92. The van der Waals surface area contributed by atoms with E-state index in [0.717, 1.165) is 24.0 Å². The average molecular weight is 503 g/mol. The lowest BCUT2D eigenvalue weighted by Crippen LogP contribution is -2.54. The maximum atomic E-state index is 13.8. The Balaban J connectivity index is 3.52. The maximum Gasteiger partial charge on any atom is 0.408 e. The van der Waals surface area contributed by atoms with Gasteiger partial charge in [-0.3, -0.25) is 14.4 Å². The van der Waals surface area contributed by atoms with Crippen molar-refractivity contribution in [3.05, 3.63) is 47.5 Å². The molecule has 0 bridgehead atoms. The van der Waals surface area contributed by atoms with Crippen LogP contribution in [0.4, 0.5) is 4.79 Å². The highest BCUT2D eigenvalue weighted by Gasteiger charge is 2.37. The van der Waals surface area contributed by atoms with Gasteiger partial charge in [-0.2, -0.15) is 0 Å². The molecular weight excluding hydrogens is 460 g/mol. The van der Waals surface area contributed by atoms with Crippen LogP contribution >= 0.6 is 0 Å². The highest BCUT2D eigenvalue weighted by atomic mass is 16.6. The summed E-state index contributed by atoms with van der Waals surface area (Å²) >= 11 is 0. The second-order valence-corrected chi connectivity index (χ2v) is 10.1. The van der Waals surface area contributed by atoms with Gasteiger partial charge in [0.15, 0.2) is 0 Å². The van der Waals surface area contributed by atoms with Crippen molar-refractivity contribution in [2.24, 2.45) is 5.73 Å². The summed E-state index contributed by atoms with van der Waals surface area (Å²) < 4.78 is 5.27. The van der Waals surface area contributed by atoms with Crippen molar-refractivity contribution in [2.45, 2.75) is 91.5 Å². The summed E-state index contributed by atoms with van der Waals surface area (Å²) in [6.45, 7) is 16.5. The molecule has 3 atom stereocenters. The lowest BCUT2D eigenvalue weighted by molar-refractivity contribution is -0.143. The minimum absolute atomic E-state index is 0.00233. The molecule has 0 heterocycles. The molecule has 0 aliphatic carbocycles. The largest absolute Gasteiger partial charge is 0.444 e. The molecule has 0 radical (unpaired) electrons. The van der Waals surface area contributed by atoms with Gasteiger partial charge in [0.2, 0.25) is 17.7 Å². The minimum Gasteiger partial charge on any atom is -0.444 e. The Morgan fingerprint density at radius 2 is 1.81 bits per heavy atom. The van der Waals surface area contributed by atoms with E-state index in [1.54, 1.807) is 20.8 Å². The number of aryl methyl sites for hydroxylation is 2. The van der Waals surface area contributed by atoms with E-state index in [1.165, 1.54) is 11.0 Å². The molecule has 200 valence electrons. The van der Waals surface area contributed by atoms with E-state index in [4.69, 9.17) is 10.5 Å². The molecular formula is C27H42N4O5. The van der Waals surface area contributed by atoms with Crippen molar-refractivity contribution in [2.75, 3.05) is 6.54 Å². The minimum atomic E-state index is -1.33. The summed E-state index contributed by atoms with van der Waals surface area (Å²) in [6.07, 6.45) is 1.81. The Kier molecular flexibility index (Phi) is 11.6. The zero-order valence-electron chi connectivity index (χ0n) is 22.6. The first-order valence-electron chi connectivity index (χ1n) is 12.3. The number of rotatable bonds is 12. The number of carbonyl (C=O) groups is 4. The van der Waals surface area contributed by atoms with Gasteiger partial charge in [-0.15, -0.1) is 6.58 Å². The molecule has 0 saturated carbocycles. The summed E-state index contributed by atoms with van der Waals surface area (Å²) in [7, 11) is 0. The van der Waals surface area contributed by atoms with Gasteiger partial charge in [0, 0.05) is 12.6 Å². The SMILES string of the molecule is C=CCN(C(=O)C(CC(N)=O)NC(=O)OC(C)(C)C)C(C(=O)NC(C)CCC)c1ccc(C)cc1C. The van der Waals surface area contributed by atoms with Crippen LogP contribution in [0.2, 0.25) is 0 Å². The fraction of sp³-hybridized carbons (Fsp3) is 0.556. The molecule has 1 aromatic rings. The molecule has 9 heteroatoms. The van der Waals surface area contributed by atoms with Gasteiger partial charge in [-0.05, 0) is 59.1 Å². The van der Waals surface area contributed by atoms with Crippen LogP contribution in [0, 0.1) is 13.8 Å². The van der Waals surface area contributed by atoms with E-state index in [0.29, 0.717) is 5.56 Å². The van der Waals surface area contributed by atoms with E-state index in [-0.39, 0.29) is 18.5 Å². The van der Waals surface area contributed by atoms with Gasteiger partial charge in [-0.25, -0.2) is 4.79 Å². The number of alkyl carbamates (subject to hydrolysis) is 1. The van der Waals surface area contributed by atoms with E-state index in [2.05, 4.69) is 17.2 Å². The number of carbonyl (C=O) groups excluding carboxylic acids is 4. The predicted molar refractivity (Wildman–Crippen MR) is 140 cm³/mol. The lowest BCUT2D eigenvalue weighted by Gasteiger charge is -2.35. The summed E-state index contributed by atoms with van der Waals surface area (Å²) in [5, 5.41) is 5.45. The number of hydrogen-bond acceptors (Lipinski definition) is 5. The summed E-state index contributed by atoms with van der Waals surface area (Å²) in [6, 6.07) is 3.15. The number of primary amides is 1. The monoisotopic (exact) mass is 502 g/mol. The van der Waals surface area contributed by atoms with Gasteiger partial charge < -0.3 is 26.0 Å². The van der Waals surface area contributed by atoms with E-state index < -0.39 is 42.0 Å². The van der Waals surface area contributed by atoms with Gasteiger partial charge in [0.05, 0.1) is 6.42 Å². The quantitative estimate of drug-likeness (QED) is 0.377. The first-order chi connectivity index (χ1) is 16.7. The van der Waals surface area contributed by atoms with Crippen LogP contribution in [0.1, 0.15) is 76.6 Å². The molecule has 0 fully saturated rings. The van der Waals surface area contributed by atoms with Crippen LogP contribution in [-0.2, 0) is 19.1 Å². The second kappa shape index (κ2) is 13.7. The molecule has 0 spiro atoms. The van der Waals surface area contributed by atoms with Crippen LogP contribution in [0.3, 0.4) is 0 Å². The Labute approximate surface area is 214 Å². The first kappa shape index (κ1) is 30.7. The fourth-order valence-electron chi connectivity index (χ4n) is 3.92. The van der Waals surface area contributed by atoms with Crippen molar-refractivity contribution in [3.63, 3.8) is 0 Å². The number of nitrogens with zero attached hydrogens (tertiary/aromatic N) is 1. The topological polar surface area (TPSA) is 131 Å². The Hall–Kier alpha value is -3.36. The van der Waals surface area contributed by atoms with Gasteiger partial charge in [0.25, 0.3) is 0 Å². The highest BCUT2D eigenvalue weighted by molar-refractivity contribution is 5.94. The number of hydrogen-bond donors (Lipinski definition) is 3. The van der Waals surface area contributed by atoms with E-state index >= 15 is 0 Å². The van der Waals surface area contributed by atoms with E-state index in [9.17, 15) is 19.2 Å². The smallest absolute Gasteiger partial charge is 0.408 e. The Morgan fingerprint density at radius 1 is 1.17 bits per heavy atom. The van der Waals surface area contributed by atoms with Crippen molar-refractivity contribution in [3.8, 4) is 0 Å². The summed E-state index contributed by atoms with van der Waals surface area (Å²) in [5.74, 6) is -1.80. The second-order valence-electron chi connectivity index (χ2n) is 10.1. The van der Waals surface area contributed by atoms with Gasteiger partial charge in [-0.1, -0.05) is 43.2 Å². The highest BCUT2D eigenvalue weighted by Crippen LogP contribution is 2.27. The maximum absolute atomic E-state index is 13.8. The van der Waals surface area contributed by atoms with E-state index in [1.807, 2.05) is 45.9 Å². The number of ether oxygens (including phenoxy) is 1. The third kappa shape index (κ3) is 9.71. The molecule has 4 amide bonds. The van der Waals surface area contributed by atoms with Crippen molar-refractivity contribution >= 4 is 23.8 Å². The molecule has 0 aromatic heterocycles. The van der Waals surface area contributed by atoms with Crippen LogP contribution in [0.25, 0.3) is 0 Å². The normalized spacial score (nSPS) is 13.6. The van der Waals surface area contributed by atoms with Gasteiger partial charge in [0.1, 0.15) is 17.7 Å². The zero-order chi connectivity index (χ0) is 27.6. The Bertz CT molecular complexity index is 954. The van der Waals surface area contributed by atoms with Crippen molar-refractivity contribution < 1.29 is 23.9 Å². The lowest BCUT2D eigenvalue weighted by atomic mass is 9.96. The first-order valence-corrected chi connectivity index (χ1v) is 12.3. The van der Waals surface area contributed by atoms with Crippen LogP contribution in [-0.4, -0.2) is 52.9 Å². The number of amides is 4. The molecule has 1 aromatic carbocycles. The average Bonchev–Trinajstić information content (AvgIpc) is 2.72. The number of nitrogens with two attached hydrogens (primary N) is 1. The zero-order valence-corrected chi connectivity index (χ0v) is 22.6. The molecule has 36 heavy (non-hydrogen) atoms. The number of benzene rings is 1. The standard InChI is InChI=1S/C27H42N4O5/c1-9-11-19(5)29-24(33)23(20-13-12-17(3)15-18(20)4)31(14-10-2)25(34)21(16-22(28)32)30-26(35)36-27(6,7)8/h10,12-13,15,19,21,23H,2,9,11,14,16H2,1,3-8H3,(H2,28,32)(H,29,33)(H,30,35). The number of nitrogens with one attached hydrogen (secondary N) is 2. The van der Waals surface area contributed by atoms with Gasteiger partial charge >= 0.3 is 6.09 Å². The molecule has 0 saturated heterocycles. The molecule has 4 N–H and O–H groups in total. The van der Waals surface area contributed by atoms with Crippen LogP contribution < -0.4 is 16.4 Å². The Morgan fingerprint density at radius 3 is 2.31 bits per heavy atom. The summed E-state index contributed by atoms with van der Waals surface area (Å²) in [5.41, 5.74) is 7.04. The van der Waals surface area contributed by atoms with Crippen LogP contribution in [0.15, 0.2) is 30.9 Å². The summed E-state index contributed by atoms with van der Waals surface area (Å²) in [4.78, 5) is 53.0. The molecule has 0 aliphatic heterocycles. The van der Waals surface area contributed by atoms with Crippen LogP contribution in [0.5, 0.6) is 0 Å². The molecule has 3 unspecified atom stereocenters. The third-order valence-electron chi connectivity index (χ3n) is 5.39.